The average molecular weight is 193 g/mol. The Morgan fingerprint density at radius 1 is 1.50 bits per heavy atom. The number of aromatic amines is 1. The number of hydrogen-bond donors (Lipinski definition) is 2. The topological polar surface area (TPSA) is 31.1 Å². The molecule has 0 aliphatic carbocycles. The van der Waals surface area contributed by atoms with Crippen molar-refractivity contribution in [3.05, 3.63) is 24.0 Å². The zero-order valence-electron chi connectivity index (χ0n) is 8.79. The average Bonchev–Trinajstić information content (AvgIpc) is 2.60. The molecule has 78 valence electrons. The van der Waals surface area contributed by atoms with Gasteiger partial charge in [0.15, 0.2) is 0 Å². The Bertz CT molecular complexity index is 252. The molecule has 0 radical (unpaired) electrons. The second kappa shape index (κ2) is 4.62. The minimum absolute atomic E-state index is 0.878. The predicted molar refractivity (Wildman–Crippen MR) is 58.4 cm³/mol. The molecule has 3 heteroatoms. The Hall–Kier alpha value is -0.800. The molecule has 0 bridgehead atoms. The highest BCUT2D eigenvalue weighted by Crippen LogP contribution is 2.05. The highest BCUT2D eigenvalue weighted by atomic mass is 15.1. The Balaban J connectivity index is 1.64. The molecule has 2 N–H and O–H groups in total. The van der Waals surface area contributed by atoms with Crippen molar-refractivity contribution in [2.75, 3.05) is 33.2 Å². The molecule has 1 aromatic heterocycles. The van der Waals surface area contributed by atoms with Gasteiger partial charge in [-0.3, -0.25) is 0 Å². The van der Waals surface area contributed by atoms with Gasteiger partial charge in [-0.1, -0.05) is 0 Å². The first-order valence-corrected chi connectivity index (χ1v) is 5.36. The van der Waals surface area contributed by atoms with Gasteiger partial charge in [0.05, 0.1) is 0 Å². The van der Waals surface area contributed by atoms with Gasteiger partial charge in [0.25, 0.3) is 0 Å². The molecule has 1 aliphatic heterocycles. The van der Waals surface area contributed by atoms with Gasteiger partial charge in [-0.25, -0.2) is 0 Å². The Morgan fingerprint density at radius 3 is 2.93 bits per heavy atom. The molecule has 3 nitrogen and oxygen atoms in total. The van der Waals surface area contributed by atoms with E-state index in [1.54, 1.807) is 0 Å². The van der Waals surface area contributed by atoms with Crippen LogP contribution in [0.15, 0.2) is 18.3 Å². The molecule has 1 aliphatic rings. The van der Waals surface area contributed by atoms with E-state index in [2.05, 4.69) is 34.4 Å². The fraction of sp³-hybridized carbons (Fsp3) is 0.636. The summed E-state index contributed by atoms with van der Waals surface area (Å²) in [5.41, 5.74) is 1.34. The highest BCUT2D eigenvalue weighted by Gasteiger charge is 2.17. The van der Waals surface area contributed by atoms with Gasteiger partial charge in [0.1, 0.15) is 0 Å². The van der Waals surface area contributed by atoms with E-state index in [9.17, 15) is 0 Å². The van der Waals surface area contributed by atoms with Gasteiger partial charge in [0, 0.05) is 44.5 Å². The lowest BCUT2D eigenvalue weighted by atomic mass is 10.0. The van der Waals surface area contributed by atoms with Gasteiger partial charge in [0.2, 0.25) is 0 Å². The summed E-state index contributed by atoms with van der Waals surface area (Å²) >= 11 is 0. The number of aromatic nitrogens is 1. The highest BCUT2D eigenvalue weighted by molar-refractivity contribution is 5.03. The fourth-order valence-electron chi connectivity index (χ4n) is 1.84. The number of rotatable bonds is 5. The van der Waals surface area contributed by atoms with Crippen molar-refractivity contribution in [2.45, 2.75) is 6.42 Å². The van der Waals surface area contributed by atoms with Crippen LogP contribution in [0.25, 0.3) is 0 Å². The van der Waals surface area contributed by atoms with E-state index in [0.29, 0.717) is 0 Å². The third kappa shape index (κ3) is 2.59. The lowest BCUT2D eigenvalue weighted by Gasteiger charge is -2.31. The largest absolute Gasteiger partial charge is 0.365 e. The van der Waals surface area contributed by atoms with Crippen LogP contribution in [0.1, 0.15) is 5.69 Å². The van der Waals surface area contributed by atoms with Crippen LogP contribution in [0, 0.1) is 5.92 Å². The monoisotopic (exact) mass is 193 g/mol. The number of H-pyrrole nitrogens is 1. The van der Waals surface area contributed by atoms with Gasteiger partial charge in [-0.15, -0.1) is 0 Å². The summed E-state index contributed by atoms with van der Waals surface area (Å²) in [5.74, 6) is 0.878. The first-order valence-electron chi connectivity index (χ1n) is 5.36. The zero-order chi connectivity index (χ0) is 9.80. The molecule has 0 amide bonds. The molecule has 0 unspecified atom stereocenters. The fourth-order valence-corrected chi connectivity index (χ4v) is 1.84. The SMILES string of the molecule is CN(CCc1ccc[nH]1)CC1CNC1. The first kappa shape index (κ1) is 9.74. The Morgan fingerprint density at radius 2 is 2.36 bits per heavy atom. The van der Waals surface area contributed by atoms with Crippen molar-refractivity contribution >= 4 is 0 Å². The van der Waals surface area contributed by atoms with Crippen LogP contribution >= 0.6 is 0 Å². The lowest BCUT2D eigenvalue weighted by molar-refractivity contribution is 0.225. The van der Waals surface area contributed by atoms with Crippen LogP contribution in [0.4, 0.5) is 0 Å². The van der Waals surface area contributed by atoms with Crippen molar-refractivity contribution < 1.29 is 0 Å². The van der Waals surface area contributed by atoms with Crippen LogP contribution in [0.3, 0.4) is 0 Å². The third-order valence-electron chi connectivity index (χ3n) is 2.86. The summed E-state index contributed by atoms with van der Waals surface area (Å²) in [6.07, 6.45) is 3.12. The number of likely N-dealkylation sites (N-methyl/N-ethyl adjacent to an activating group) is 1. The van der Waals surface area contributed by atoms with Crippen LogP contribution in [0.5, 0.6) is 0 Å². The molecule has 1 aromatic rings. The molecule has 1 fully saturated rings. The quantitative estimate of drug-likeness (QED) is 0.721. The third-order valence-corrected chi connectivity index (χ3v) is 2.86. The smallest absolute Gasteiger partial charge is 0.0159 e. The second-order valence-electron chi connectivity index (χ2n) is 4.23. The maximum Gasteiger partial charge on any atom is 0.0159 e. The van der Waals surface area contributed by atoms with Crippen LogP contribution in [-0.2, 0) is 6.42 Å². The normalized spacial score (nSPS) is 17.3. The molecule has 1 saturated heterocycles. The maximum absolute atomic E-state index is 3.30. The molecule has 0 spiro atoms. The lowest BCUT2D eigenvalue weighted by Crippen LogP contribution is -2.47. The molecular weight excluding hydrogens is 174 g/mol. The van der Waals surface area contributed by atoms with Crippen LogP contribution in [0.2, 0.25) is 0 Å². The van der Waals surface area contributed by atoms with E-state index in [1.807, 2.05) is 6.20 Å². The van der Waals surface area contributed by atoms with Crippen LogP contribution < -0.4 is 5.32 Å². The Kier molecular flexibility index (Phi) is 3.22. The van der Waals surface area contributed by atoms with Crippen molar-refractivity contribution in [3.8, 4) is 0 Å². The van der Waals surface area contributed by atoms with Crippen molar-refractivity contribution in [1.82, 2.24) is 15.2 Å². The van der Waals surface area contributed by atoms with Gasteiger partial charge in [-0.2, -0.15) is 0 Å². The molecule has 2 rings (SSSR count). The van der Waals surface area contributed by atoms with E-state index in [-0.39, 0.29) is 0 Å². The van der Waals surface area contributed by atoms with Gasteiger partial charge >= 0.3 is 0 Å². The van der Waals surface area contributed by atoms with Crippen molar-refractivity contribution in [3.63, 3.8) is 0 Å². The molecule has 14 heavy (non-hydrogen) atoms. The molecule has 0 aromatic carbocycles. The first-order chi connectivity index (χ1) is 6.84. The van der Waals surface area contributed by atoms with E-state index >= 15 is 0 Å². The second-order valence-corrected chi connectivity index (χ2v) is 4.23. The molecule has 2 heterocycles. The van der Waals surface area contributed by atoms with E-state index in [4.69, 9.17) is 0 Å². The Labute approximate surface area is 85.5 Å². The number of nitrogens with zero attached hydrogens (tertiary/aromatic N) is 1. The van der Waals surface area contributed by atoms with Crippen molar-refractivity contribution in [2.24, 2.45) is 5.92 Å². The summed E-state index contributed by atoms with van der Waals surface area (Å²) in [6, 6.07) is 4.21. The van der Waals surface area contributed by atoms with Crippen molar-refractivity contribution in [1.29, 1.82) is 0 Å². The summed E-state index contributed by atoms with van der Waals surface area (Å²) < 4.78 is 0. The molecule has 0 atom stereocenters. The molecular formula is C11H19N3. The predicted octanol–water partition coefficient (Wildman–Crippen LogP) is 0.708. The number of hydrogen-bond acceptors (Lipinski definition) is 2. The van der Waals surface area contributed by atoms with E-state index < -0.39 is 0 Å². The minimum Gasteiger partial charge on any atom is -0.365 e. The van der Waals surface area contributed by atoms with Gasteiger partial charge in [-0.05, 0) is 25.1 Å². The standard InChI is InChI=1S/C11H19N3/c1-14(9-10-7-12-8-10)6-4-11-3-2-5-13-11/h2-3,5,10,12-13H,4,6-9H2,1H3. The summed E-state index contributed by atoms with van der Waals surface area (Å²) in [5, 5.41) is 3.30. The molecule has 0 saturated carbocycles. The van der Waals surface area contributed by atoms with E-state index in [1.165, 1.54) is 25.3 Å². The summed E-state index contributed by atoms with van der Waals surface area (Å²) in [4.78, 5) is 5.66. The van der Waals surface area contributed by atoms with Crippen LogP contribution in [-0.4, -0.2) is 43.1 Å². The zero-order valence-corrected chi connectivity index (χ0v) is 8.79. The number of nitrogens with one attached hydrogen (secondary N) is 2. The summed E-state index contributed by atoms with van der Waals surface area (Å²) in [7, 11) is 2.21. The summed E-state index contributed by atoms with van der Waals surface area (Å²) in [6.45, 7) is 4.78. The maximum atomic E-state index is 3.30. The van der Waals surface area contributed by atoms with E-state index in [0.717, 1.165) is 18.9 Å². The minimum atomic E-state index is 0.878. The van der Waals surface area contributed by atoms with Gasteiger partial charge < -0.3 is 15.2 Å².